The van der Waals surface area contributed by atoms with E-state index >= 15 is 0 Å². The Kier molecular flexibility index (Phi) is 3.77. The van der Waals surface area contributed by atoms with Gasteiger partial charge in [-0.25, -0.2) is 0 Å². The monoisotopic (exact) mass is 180 g/mol. The van der Waals surface area contributed by atoms with Crippen LogP contribution in [-0.4, -0.2) is 18.3 Å². The van der Waals surface area contributed by atoms with Crippen LogP contribution in [0.4, 0.5) is 0 Å². The van der Waals surface area contributed by atoms with Crippen LogP contribution in [0, 0.1) is 13.8 Å². The summed E-state index contributed by atoms with van der Waals surface area (Å²) in [6.45, 7) is 4.83. The lowest BCUT2D eigenvalue weighted by Gasteiger charge is -2.10. The predicted molar refractivity (Wildman–Crippen MR) is 53.1 cm³/mol. The summed E-state index contributed by atoms with van der Waals surface area (Å²) in [5, 5.41) is 8.60. The molecule has 13 heavy (non-hydrogen) atoms. The number of hydrogen-bond donors (Lipinski definition) is 1. The summed E-state index contributed by atoms with van der Waals surface area (Å²) in [7, 11) is 0. The first-order valence-electron chi connectivity index (χ1n) is 4.55. The van der Waals surface area contributed by atoms with E-state index < -0.39 is 0 Å². The smallest absolute Gasteiger partial charge is 0.125 e. The molecule has 1 N–H and O–H groups in total. The summed E-state index contributed by atoms with van der Waals surface area (Å²) >= 11 is 0. The maximum Gasteiger partial charge on any atom is 0.125 e. The number of benzene rings is 1. The second-order valence-corrected chi connectivity index (χ2v) is 3.15. The zero-order valence-corrected chi connectivity index (χ0v) is 8.21. The van der Waals surface area contributed by atoms with Gasteiger partial charge < -0.3 is 9.84 Å². The number of aliphatic hydroxyl groups is 1. The summed E-state index contributed by atoms with van der Waals surface area (Å²) in [4.78, 5) is 0. The average molecular weight is 180 g/mol. The summed E-state index contributed by atoms with van der Waals surface area (Å²) < 4.78 is 5.55. The topological polar surface area (TPSA) is 29.5 Å². The zero-order chi connectivity index (χ0) is 9.68. The Hall–Kier alpha value is -1.02. The maximum absolute atomic E-state index is 8.60. The quantitative estimate of drug-likeness (QED) is 0.719. The lowest BCUT2D eigenvalue weighted by atomic mass is 10.1. The normalized spacial score (nSPS) is 10.1. The molecule has 0 aromatic heterocycles. The number of ether oxygens (including phenoxy) is 1. The fraction of sp³-hybridized carbons (Fsp3) is 0.455. The minimum atomic E-state index is 0.185. The van der Waals surface area contributed by atoms with Crippen LogP contribution in [-0.2, 0) is 0 Å². The van der Waals surface area contributed by atoms with Gasteiger partial charge in [0.05, 0.1) is 6.61 Å². The molecule has 72 valence electrons. The van der Waals surface area contributed by atoms with Crippen molar-refractivity contribution in [3.63, 3.8) is 0 Å². The molecule has 0 unspecified atom stereocenters. The van der Waals surface area contributed by atoms with Crippen molar-refractivity contribution in [2.24, 2.45) is 0 Å². The molecule has 0 aliphatic rings. The third kappa shape index (κ3) is 2.74. The average Bonchev–Trinajstić information content (AvgIpc) is 2.10. The molecule has 0 fully saturated rings. The highest BCUT2D eigenvalue weighted by Gasteiger charge is 2.01. The predicted octanol–water partition coefficient (Wildman–Crippen LogP) is 2.06. The van der Waals surface area contributed by atoms with E-state index in [0.29, 0.717) is 13.0 Å². The minimum absolute atomic E-state index is 0.185. The van der Waals surface area contributed by atoms with E-state index in [0.717, 1.165) is 16.9 Å². The summed E-state index contributed by atoms with van der Waals surface area (Å²) in [6.07, 6.45) is 0.688. The van der Waals surface area contributed by atoms with Gasteiger partial charge in [0.1, 0.15) is 5.75 Å². The molecule has 0 aliphatic heterocycles. The molecular formula is C11H16O2. The fourth-order valence-electron chi connectivity index (χ4n) is 1.27. The van der Waals surface area contributed by atoms with E-state index in [1.54, 1.807) is 0 Å². The van der Waals surface area contributed by atoms with Crippen LogP contribution < -0.4 is 4.74 Å². The Labute approximate surface area is 79.2 Å². The first-order valence-corrected chi connectivity index (χ1v) is 4.55. The highest BCUT2D eigenvalue weighted by molar-refractivity contribution is 5.39. The molecule has 0 aliphatic carbocycles. The molecule has 1 aromatic rings. The third-order valence-corrected chi connectivity index (χ3v) is 1.96. The van der Waals surface area contributed by atoms with Crippen LogP contribution in [0.1, 0.15) is 17.5 Å². The second-order valence-electron chi connectivity index (χ2n) is 3.15. The number of aliphatic hydroxyl groups excluding tert-OH is 1. The number of aryl methyl sites for hydroxylation is 2. The van der Waals surface area contributed by atoms with Crippen molar-refractivity contribution in [3.05, 3.63) is 29.3 Å². The van der Waals surface area contributed by atoms with Gasteiger partial charge in [-0.1, -0.05) is 18.2 Å². The van der Waals surface area contributed by atoms with E-state index in [2.05, 4.69) is 0 Å². The molecule has 2 heteroatoms. The zero-order valence-electron chi connectivity index (χ0n) is 8.21. The highest BCUT2D eigenvalue weighted by Crippen LogP contribution is 2.22. The van der Waals surface area contributed by atoms with E-state index in [1.165, 1.54) is 0 Å². The van der Waals surface area contributed by atoms with Gasteiger partial charge in [0.15, 0.2) is 0 Å². The van der Waals surface area contributed by atoms with E-state index in [-0.39, 0.29) is 6.61 Å². The largest absolute Gasteiger partial charge is 0.493 e. The van der Waals surface area contributed by atoms with Crippen LogP contribution in [0.3, 0.4) is 0 Å². The second kappa shape index (κ2) is 4.87. The molecule has 0 heterocycles. The first-order chi connectivity index (χ1) is 6.25. The van der Waals surface area contributed by atoms with Gasteiger partial charge >= 0.3 is 0 Å². The SMILES string of the molecule is Cc1cccc(C)c1OCCCO. The van der Waals surface area contributed by atoms with Crippen LogP contribution in [0.2, 0.25) is 0 Å². The number of hydrogen-bond acceptors (Lipinski definition) is 2. The van der Waals surface area contributed by atoms with Crippen LogP contribution in [0.5, 0.6) is 5.75 Å². The van der Waals surface area contributed by atoms with Crippen molar-refractivity contribution in [2.45, 2.75) is 20.3 Å². The van der Waals surface area contributed by atoms with E-state index in [4.69, 9.17) is 9.84 Å². The Bertz CT molecular complexity index is 249. The van der Waals surface area contributed by atoms with Crippen molar-refractivity contribution in [1.82, 2.24) is 0 Å². The van der Waals surface area contributed by atoms with Gasteiger partial charge in [0.25, 0.3) is 0 Å². The Morgan fingerprint density at radius 1 is 1.23 bits per heavy atom. The van der Waals surface area contributed by atoms with E-state index in [1.807, 2.05) is 32.0 Å². The van der Waals surface area contributed by atoms with Gasteiger partial charge in [-0.15, -0.1) is 0 Å². The highest BCUT2D eigenvalue weighted by atomic mass is 16.5. The van der Waals surface area contributed by atoms with Crippen molar-refractivity contribution in [2.75, 3.05) is 13.2 Å². The molecule has 1 aromatic carbocycles. The lowest BCUT2D eigenvalue weighted by Crippen LogP contribution is -2.02. The third-order valence-electron chi connectivity index (χ3n) is 1.96. The number of rotatable bonds is 4. The number of para-hydroxylation sites is 1. The van der Waals surface area contributed by atoms with Crippen molar-refractivity contribution in [1.29, 1.82) is 0 Å². The van der Waals surface area contributed by atoms with Crippen molar-refractivity contribution < 1.29 is 9.84 Å². The molecule has 0 bridgehead atoms. The Morgan fingerprint density at radius 2 is 1.85 bits per heavy atom. The van der Waals surface area contributed by atoms with Gasteiger partial charge in [-0.05, 0) is 25.0 Å². The van der Waals surface area contributed by atoms with Crippen LogP contribution >= 0.6 is 0 Å². The maximum atomic E-state index is 8.60. The lowest BCUT2D eigenvalue weighted by molar-refractivity contribution is 0.232. The molecular weight excluding hydrogens is 164 g/mol. The van der Waals surface area contributed by atoms with E-state index in [9.17, 15) is 0 Å². The Morgan fingerprint density at radius 3 is 2.38 bits per heavy atom. The Balaban J connectivity index is 2.64. The fourth-order valence-corrected chi connectivity index (χ4v) is 1.27. The minimum Gasteiger partial charge on any atom is -0.493 e. The summed E-state index contributed by atoms with van der Waals surface area (Å²) in [5.74, 6) is 0.955. The van der Waals surface area contributed by atoms with Crippen LogP contribution in [0.25, 0.3) is 0 Å². The van der Waals surface area contributed by atoms with Crippen LogP contribution in [0.15, 0.2) is 18.2 Å². The van der Waals surface area contributed by atoms with Crippen molar-refractivity contribution in [3.8, 4) is 5.75 Å². The molecule has 0 amide bonds. The van der Waals surface area contributed by atoms with Gasteiger partial charge in [-0.2, -0.15) is 0 Å². The summed E-state index contributed by atoms with van der Waals surface area (Å²) in [6, 6.07) is 6.08. The van der Waals surface area contributed by atoms with Gasteiger partial charge in [0.2, 0.25) is 0 Å². The molecule has 0 spiro atoms. The standard InChI is InChI=1S/C11H16O2/c1-9-5-3-6-10(2)11(9)13-8-4-7-12/h3,5-6,12H,4,7-8H2,1-2H3. The summed E-state index contributed by atoms with van der Waals surface area (Å²) in [5.41, 5.74) is 2.30. The van der Waals surface area contributed by atoms with Gasteiger partial charge in [-0.3, -0.25) is 0 Å². The molecule has 1 rings (SSSR count). The molecule has 0 saturated carbocycles. The first kappa shape index (κ1) is 10.1. The van der Waals surface area contributed by atoms with Gasteiger partial charge in [0, 0.05) is 13.0 Å². The molecule has 2 nitrogen and oxygen atoms in total. The molecule has 0 radical (unpaired) electrons. The molecule has 0 atom stereocenters. The molecule has 0 saturated heterocycles. The van der Waals surface area contributed by atoms with Crippen molar-refractivity contribution >= 4 is 0 Å².